The molecule has 0 fully saturated rings. The second-order valence-electron chi connectivity index (χ2n) is 26.8. The van der Waals surface area contributed by atoms with Crippen LogP contribution in [0.4, 0.5) is 51.2 Å². The quantitative estimate of drug-likeness (QED) is 0.147. The lowest BCUT2D eigenvalue weighted by Gasteiger charge is -2.45. The molecule has 0 saturated carbocycles. The van der Waals surface area contributed by atoms with Gasteiger partial charge < -0.3 is 14.7 Å². The maximum Gasteiger partial charge on any atom is 0.252 e. The number of aryl methyl sites for hydroxylation is 2. The average molecular weight is 1050 g/mol. The van der Waals surface area contributed by atoms with E-state index in [9.17, 15) is 0 Å². The highest BCUT2D eigenvalue weighted by Gasteiger charge is 2.45. The van der Waals surface area contributed by atoms with Gasteiger partial charge in [0.05, 0.1) is 5.69 Å². The van der Waals surface area contributed by atoms with Crippen molar-refractivity contribution in [3.8, 4) is 33.4 Å². The SMILES string of the molecule is Cc1cc(C(C)(C)C)cc(C)c1N(c1ccc(C(C)(C)C)cc1)c1ccc2c(c1)N(c1ccc(-c3ccccc3)cc1)c1cc(C(C)(C)C)cc3c1B2c1cc(-c2ccccc2)ccc1N3c1ccc2c(c1)C(C)(C)c1ccccc1-2. The van der Waals surface area contributed by atoms with Crippen LogP contribution in [0, 0.1) is 13.8 Å². The zero-order valence-corrected chi connectivity index (χ0v) is 49.6. The number of benzene rings is 10. The molecular weight excluding hydrogens is 978 g/mol. The molecule has 3 nitrogen and oxygen atoms in total. The summed E-state index contributed by atoms with van der Waals surface area (Å²) in [6.45, 7) is 30.3. The van der Waals surface area contributed by atoms with E-state index in [-0.39, 0.29) is 28.4 Å². The fraction of sp³-hybridized carbons (Fsp3) is 0.221. The monoisotopic (exact) mass is 1050 g/mol. The second kappa shape index (κ2) is 18.9. The summed E-state index contributed by atoms with van der Waals surface area (Å²) in [5.41, 5.74) is 30.8. The van der Waals surface area contributed by atoms with Gasteiger partial charge in [-0.1, -0.05) is 222 Å². The van der Waals surface area contributed by atoms with Crippen LogP contribution in [-0.2, 0) is 21.7 Å². The molecule has 10 aromatic rings. The molecule has 0 spiro atoms. The van der Waals surface area contributed by atoms with E-state index in [0.717, 1.165) is 17.1 Å². The van der Waals surface area contributed by atoms with Crippen molar-refractivity contribution >= 4 is 74.3 Å². The first-order valence-corrected chi connectivity index (χ1v) is 29.2. The van der Waals surface area contributed by atoms with E-state index in [1.54, 1.807) is 0 Å². The van der Waals surface area contributed by atoms with E-state index in [4.69, 9.17) is 0 Å². The van der Waals surface area contributed by atoms with Gasteiger partial charge in [-0.3, -0.25) is 0 Å². The van der Waals surface area contributed by atoms with Crippen molar-refractivity contribution in [1.29, 1.82) is 0 Å². The van der Waals surface area contributed by atoms with Crippen LogP contribution in [0.25, 0.3) is 33.4 Å². The molecule has 13 rings (SSSR count). The first-order chi connectivity index (χ1) is 38.6. The molecule has 2 aliphatic heterocycles. The molecule has 0 amide bonds. The standard InChI is InChI=1S/C77H74BN3/c1-49-42-56(75(6,7)8)43-50(2)73(49)79(58-35-31-55(32-36-58)74(3,4)5)61-38-40-66-69(48-61)80(59-33-28-53(29-34-59)51-22-16-14-17-23-51)70-45-57(76(9,10)11)46-71-72(70)78(66)67-44-54(52-24-18-15-19-25-52)30-41-68(67)81(71)60-37-39-63-62-26-20-21-27-64(62)77(12,13)65(63)47-60/h14-48H,1-13H3. The van der Waals surface area contributed by atoms with Crippen LogP contribution in [-0.4, -0.2) is 6.71 Å². The van der Waals surface area contributed by atoms with Crippen molar-refractivity contribution in [2.75, 3.05) is 14.7 Å². The molecule has 0 bridgehead atoms. The predicted molar refractivity (Wildman–Crippen MR) is 349 cm³/mol. The minimum absolute atomic E-state index is 0.00298. The fourth-order valence-electron chi connectivity index (χ4n) is 13.4. The highest BCUT2D eigenvalue weighted by Crippen LogP contribution is 2.53. The van der Waals surface area contributed by atoms with Crippen LogP contribution < -0.4 is 31.1 Å². The first-order valence-electron chi connectivity index (χ1n) is 29.2. The molecular formula is C77H74BN3. The van der Waals surface area contributed by atoms with Crippen molar-refractivity contribution in [3.63, 3.8) is 0 Å². The van der Waals surface area contributed by atoms with Crippen molar-refractivity contribution < 1.29 is 0 Å². The van der Waals surface area contributed by atoms with E-state index in [2.05, 4.69) is 317 Å². The Bertz CT molecular complexity index is 4070. The molecule has 81 heavy (non-hydrogen) atoms. The topological polar surface area (TPSA) is 9.72 Å². The van der Waals surface area contributed by atoms with Gasteiger partial charge in [0.15, 0.2) is 0 Å². The smallest absolute Gasteiger partial charge is 0.252 e. The summed E-state index contributed by atoms with van der Waals surface area (Å²) in [7, 11) is 0. The van der Waals surface area contributed by atoms with E-state index in [1.807, 2.05) is 0 Å². The molecule has 2 heterocycles. The van der Waals surface area contributed by atoms with Crippen LogP contribution in [0.3, 0.4) is 0 Å². The third kappa shape index (κ3) is 8.72. The molecule has 10 aromatic carbocycles. The number of rotatable bonds is 7. The third-order valence-electron chi connectivity index (χ3n) is 17.9. The highest BCUT2D eigenvalue weighted by molar-refractivity contribution is 7.00. The zero-order chi connectivity index (χ0) is 56.5. The van der Waals surface area contributed by atoms with Crippen LogP contribution in [0.2, 0.25) is 0 Å². The van der Waals surface area contributed by atoms with Crippen LogP contribution in [0.1, 0.15) is 115 Å². The Labute approximate surface area is 482 Å². The number of hydrogen-bond donors (Lipinski definition) is 0. The Morgan fingerprint density at radius 3 is 1.49 bits per heavy atom. The lowest BCUT2D eigenvalue weighted by atomic mass is 9.33. The molecule has 0 unspecified atom stereocenters. The normalized spacial score (nSPS) is 14.0. The Morgan fingerprint density at radius 1 is 0.370 bits per heavy atom. The van der Waals surface area contributed by atoms with Gasteiger partial charge in [0.25, 0.3) is 6.71 Å². The van der Waals surface area contributed by atoms with Crippen LogP contribution in [0.5, 0.6) is 0 Å². The largest absolute Gasteiger partial charge is 0.311 e. The van der Waals surface area contributed by atoms with Gasteiger partial charge in [-0.25, -0.2) is 0 Å². The maximum atomic E-state index is 2.61. The molecule has 0 aromatic heterocycles. The van der Waals surface area contributed by atoms with Gasteiger partial charge in [-0.2, -0.15) is 0 Å². The van der Waals surface area contributed by atoms with Crippen molar-refractivity contribution in [3.05, 3.63) is 251 Å². The summed E-state index contributed by atoms with van der Waals surface area (Å²) >= 11 is 0. The van der Waals surface area contributed by atoms with Crippen molar-refractivity contribution in [2.45, 2.75) is 112 Å². The van der Waals surface area contributed by atoms with E-state index < -0.39 is 0 Å². The Hall–Kier alpha value is -8.34. The lowest BCUT2D eigenvalue weighted by molar-refractivity contribution is 0.589. The van der Waals surface area contributed by atoms with Gasteiger partial charge in [0.2, 0.25) is 0 Å². The minimum atomic E-state index is -0.180. The summed E-state index contributed by atoms with van der Waals surface area (Å²) < 4.78 is 0. The zero-order valence-electron chi connectivity index (χ0n) is 49.6. The van der Waals surface area contributed by atoms with E-state index in [0.29, 0.717) is 0 Å². The van der Waals surface area contributed by atoms with E-state index >= 15 is 0 Å². The Kier molecular flexibility index (Phi) is 12.1. The van der Waals surface area contributed by atoms with Crippen molar-refractivity contribution in [1.82, 2.24) is 0 Å². The Morgan fingerprint density at radius 2 is 0.877 bits per heavy atom. The maximum absolute atomic E-state index is 2.61. The molecule has 4 heteroatoms. The molecule has 0 saturated heterocycles. The fourth-order valence-corrected chi connectivity index (χ4v) is 13.4. The lowest BCUT2D eigenvalue weighted by Crippen LogP contribution is -2.61. The molecule has 3 aliphatic rings. The van der Waals surface area contributed by atoms with Crippen molar-refractivity contribution in [2.24, 2.45) is 0 Å². The minimum Gasteiger partial charge on any atom is -0.311 e. The summed E-state index contributed by atoms with van der Waals surface area (Å²) in [6, 6.07) is 81.2. The number of nitrogens with zero attached hydrogens (tertiary/aromatic N) is 3. The number of fused-ring (bicyclic) bond motifs is 7. The molecule has 0 radical (unpaired) electrons. The summed E-state index contributed by atoms with van der Waals surface area (Å²) in [6.07, 6.45) is 0. The molecule has 1 aliphatic carbocycles. The van der Waals surface area contributed by atoms with Gasteiger partial charge in [0, 0.05) is 50.9 Å². The van der Waals surface area contributed by atoms with Crippen LogP contribution >= 0.6 is 0 Å². The summed E-state index contributed by atoms with van der Waals surface area (Å²) in [5.74, 6) is 0. The molecule has 0 N–H and O–H groups in total. The highest BCUT2D eigenvalue weighted by atomic mass is 15.2. The summed E-state index contributed by atoms with van der Waals surface area (Å²) in [5, 5.41) is 0. The van der Waals surface area contributed by atoms with E-state index in [1.165, 1.54) is 123 Å². The van der Waals surface area contributed by atoms with Crippen LogP contribution in [0.15, 0.2) is 212 Å². The van der Waals surface area contributed by atoms with Gasteiger partial charge >= 0.3 is 0 Å². The molecule has 0 atom stereocenters. The van der Waals surface area contributed by atoms with Gasteiger partial charge in [-0.05, 0) is 186 Å². The second-order valence-corrected chi connectivity index (χ2v) is 26.8. The first kappa shape index (κ1) is 52.1. The number of hydrogen-bond acceptors (Lipinski definition) is 3. The van der Waals surface area contributed by atoms with Gasteiger partial charge in [-0.15, -0.1) is 0 Å². The third-order valence-corrected chi connectivity index (χ3v) is 17.9. The summed E-state index contributed by atoms with van der Waals surface area (Å²) in [4.78, 5) is 7.75. The predicted octanol–water partition coefficient (Wildman–Crippen LogP) is 19.4. The molecule has 400 valence electrons. The average Bonchev–Trinajstić information content (AvgIpc) is 3.85. The number of anilines is 9. The Balaban J connectivity index is 1.10. The van der Waals surface area contributed by atoms with Gasteiger partial charge in [0.1, 0.15) is 0 Å².